The lowest BCUT2D eigenvalue weighted by Gasteiger charge is -2.23. The molecule has 0 saturated carbocycles. The average Bonchev–Trinajstić information content (AvgIpc) is 2.07. The van der Waals surface area contributed by atoms with E-state index in [0.29, 0.717) is 6.42 Å². The van der Waals surface area contributed by atoms with Crippen molar-refractivity contribution in [2.24, 2.45) is 0 Å². The number of hydrogen-bond acceptors (Lipinski definition) is 2. The minimum atomic E-state index is -0.307. The van der Waals surface area contributed by atoms with Gasteiger partial charge in [0.1, 0.15) is 0 Å². The van der Waals surface area contributed by atoms with E-state index < -0.39 is 0 Å². The molecule has 0 amide bonds. The third kappa shape index (κ3) is 3.03. The zero-order chi connectivity index (χ0) is 9.35. The first-order valence-corrected chi connectivity index (χ1v) is 5.19. The maximum Gasteiger partial charge on any atom is 0.0872 e. The second-order valence-corrected chi connectivity index (χ2v) is 5.32. The summed E-state index contributed by atoms with van der Waals surface area (Å²) in [4.78, 5) is 0. The lowest BCUT2D eigenvalue weighted by Crippen LogP contribution is -2.26. The van der Waals surface area contributed by atoms with E-state index in [2.05, 4.69) is 22.6 Å². The molecule has 0 fully saturated rings. The zero-order valence-corrected chi connectivity index (χ0v) is 9.83. The SMILES string of the molecule is CC(C)(C)O[C@H]1C=C(I)[C@@H](O)C1. The van der Waals surface area contributed by atoms with Gasteiger partial charge in [0.15, 0.2) is 0 Å². The molecule has 0 spiro atoms. The Kier molecular flexibility index (Phi) is 3.17. The number of rotatable bonds is 1. The molecule has 0 bridgehead atoms. The van der Waals surface area contributed by atoms with Crippen LogP contribution >= 0.6 is 22.6 Å². The summed E-state index contributed by atoms with van der Waals surface area (Å²) in [5.41, 5.74) is -0.123. The van der Waals surface area contributed by atoms with Gasteiger partial charge in [-0.15, -0.1) is 0 Å². The normalized spacial score (nSPS) is 30.6. The maximum absolute atomic E-state index is 9.41. The Bertz CT molecular complexity index is 193. The molecule has 0 saturated heterocycles. The lowest BCUT2D eigenvalue weighted by atomic mass is 10.1. The summed E-state index contributed by atoms with van der Waals surface area (Å²) in [5.74, 6) is 0. The van der Waals surface area contributed by atoms with Crippen molar-refractivity contribution in [3.63, 3.8) is 0 Å². The van der Waals surface area contributed by atoms with Gasteiger partial charge in [-0.2, -0.15) is 0 Å². The Hall–Kier alpha value is 0.390. The smallest absolute Gasteiger partial charge is 0.0872 e. The van der Waals surface area contributed by atoms with Gasteiger partial charge in [0.25, 0.3) is 0 Å². The number of ether oxygens (including phenoxy) is 1. The first kappa shape index (κ1) is 10.5. The first-order chi connectivity index (χ1) is 5.38. The van der Waals surface area contributed by atoms with E-state index in [1.165, 1.54) is 0 Å². The van der Waals surface area contributed by atoms with Crippen molar-refractivity contribution in [3.8, 4) is 0 Å². The van der Waals surface area contributed by atoms with Gasteiger partial charge >= 0.3 is 0 Å². The highest BCUT2D eigenvalue weighted by molar-refractivity contribution is 14.1. The van der Waals surface area contributed by atoms with Crippen LogP contribution in [0.4, 0.5) is 0 Å². The molecule has 1 rings (SSSR count). The van der Waals surface area contributed by atoms with Crippen molar-refractivity contribution < 1.29 is 9.84 Å². The molecule has 0 unspecified atom stereocenters. The summed E-state index contributed by atoms with van der Waals surface area (Å²) in [6.07, 6.45) is 2.48. The van der Waals surface area contributed by atoms with Gasteiger partial charge < -0.3 is 9.84 Å². The van der Waals surface area contributed by atoms with Crippen LogP contribution in [-0.2, 0) is 4.74 Å². The minimum Gasteiger partial charge on any atom is -0.388 e. The molecular formula is C9H15IO2. The highest BCUT2D eigenvalue weighted by Gasteiger charge is 2.26. The molecule has 1 aliphatic rings. The molecule has 12 heavy (non-hydrogen) atoms. The molecular weight excluding hydrogens is 267 g/mol. The molecule has 0 heterocycles. The third-order valence-corrected chi connectivity index (χ3v) is 2.70. The number of aliphatic hydroxyl groups is 1. The molecule has 70 valence electrons. The second-order valence-electron chi connectivity index (χ2n) is 4.07. The average molecular weight is 282 g/mol. The van der Waals surface area contributed by atoms with Crippen LogP contribution in [0.3, 0.4) is 0 Å². The molecule has 2 nitrogen and oxygen atoms in total. The van der Waals surface area contributed by atoms with Gasteiger partial charge in [-0.05, 0) is 49.4 Å². The molecule has 0 aliphatic heterocycles. The quantitative estimate of drug-likeness (QED) is 0.747. The fraction of sp³-hybridized carbons (Fsp3) is 0.778. The topological polar surface area (TPSA) is 29.5 Å². The van der Waals surface area contributed by atoms with Gasteiger partial charge in [-0.25, -0.2) is 0 Å². The van der Waals surface area contributed by atoms with E-state index in [-0.39, 0.29) is 17.8 Å². The summed E-state index contributed by atoms with van der Waals surface area (Å²) in [5, 5.41) is 9.41. The molecule has 3 heteroatoms. The van der Waals surface area contributed by atoms with E-state index >= 15 is 0 Å². The summed E-state index contributed by atoms with van der Waals surface area (Å²) in [7, 11) is 0. The lowest BCUT2D eigenvalue weighted by molar-refractivity contribution is -0.0449. The second kappa shape index (κ2) is 3.64. The van der Waals surface area contributed by atoms with E-state index in [4.69, 9.17) is 4.74 Å². The molecule has 0 aromatic carbocycles. The highest BCUT2D eigenvalue weighted by Crippen LogP contribution is 2.28. The van der Waals surface area contributed by atoms with Crippen LogP contribution in [-0.4, -0.2) is 22.9 Å². The van der Waals surface area contributed by atoms with Crippen molar-refractivity contribution in [1.82, 2.24) is 0 Å². The fourth-order valence-corrected chi connectivity index (χ4v) is 1.88. The fourth-order valence-electron chi connectivity index (χ4n) is 1.23. The van der Waals surface area contributed by atoms with Crippen LogP contribution in [0.2, 0.25) is 0 Å². The molecule has 1 N–H and O–H groups in total. The van der Waals surface area contributed by atoms with Crippen LogP contribution in [0.25, 0.3) is 0 Å². The molecule has 0 aromatic heterocycles. The van der Waals surface area contributed by atoms with Crippen molar-refractivity contribution in [1.29, 1.82) is 0 Å². The Morgan fingerprint density at radius 1 is 1.58 bits per heavy atom. The Morgan fingerprint density at radius 3 is 2.50 bits per heavy atom. The number of aliphatic hydroxyl groups excluding tert-OH is 1. The van der Waals surface area contributed by atoms with E-state index in [9.17, 15) is 5.11 Å². The Morgan fingerprint density at radius 2 is 2.17 bits per heavy atom. The predicted octanol–water partition coefficient (Wildman–Crippen LogP) is 2.25. The van der Waals surface area contributed by atoms with E-state index in [0.717, 1.165) is 3.58 Å². The van der Waals surface area contributed by atoms with Crippen LogP contribution in [0.5, 0.6) is 0 Å². The highest BCUT2D eigenvalue weighted by atomic mass is 127. The van der Waals surface area contributed by atoms with Crippen LogP contribution in [0, 0.1) is 0 Å². The summed E-state index contributed by atoms with van der Waals surface area (Å²) in [6, 6.07) is 0. The Labute approximate surface area is 87.1 Å². The molecule has 2 atom stereocenters. The molecule has 0 radical (unpaired) electrons. The van der Waals surface area contributed by atoms with Gasteiger partial charge in [-0.1, -0.05) is 0 Å². The van der Waals surface area contributed by atoms with E-state index in [1.807, 2.05) is 26.8 Å². The van der Waals surface area contributed by atoms with Crippen molar-refractivity contribution >= 4 is 22.6 Å². The first-order valence-electron chi connectivity index (χ1n) is 4.11. The van der Waals surface area contributed by atoms with Crippen LogP contribution in [0.1, 0.15) is 27.2 Å². The van der Waals surface area contributed by atoms with Crippen molar-refractivity contribution in [3.05, 3.63) is 9.66 Å². The van der Waals surface area contributed by atoms with Gasteiger partial charge in [0.2, 0.25) is 0 Å². The van der Waals surface area contributed by atoms with Gasteiger partial charge in [-0.3, -0.25) is 0 Å². The largest absolute Gasteiger partial charge is 0.388 e. The molecule has 1 aliphatic carbocycles. The van der Waals surface area contributed by atoms with Crippen molar-refractivity contribution in [2.75, 3.05) is 0 Å². The minimum absolute atomic E-state index is 0.0897. The number of halogens is 1. The monoisotopic (exact) mass is 282 g/mol. The predicted molar refractivity (Wildman–Crippen MR) is 57.4 cm³/mol. The van der Waals surface area contributed by atoms with Gasteiger partial charge in [0.05, 0.1) is 17.8 Å². The van der Waals surface area contributed by atoms with E-state index in [1.54, 1.807) is 0 Å². The maximum atomic E-state index is 9.41. The zero-order valence-electron chi connectivity index (χ0n) is 7.67. The van der Waals surface area contributed by atoms with Crippen LogP contribution in [0.15, 0.2) is 9.66 Å². The standard InChI is InChI=1S/C9H15IO2/c1-9(2,3)12-6-4-7(10)8(11)5-6/h4,6,8,11H,5H2,1-3H3/t6-,8-/m0/s1. The Balaban J connectivity index is 2.48. The third-order valence-electron chi connectivity index (χ3n) is 1.62. The van der Waals surface area contributed by atoms with Crippen molar-refractivity contribution in [2.45, 2.75) is 45.0 Å². The van der Waals surface area contributed by atoms with Crippen LogP contribution < -0.4 is 0 Å². The summed E-state index contributed by atoms with van der Waals surface area (Å²) < 4.78 is 6.70. The summed E-state index contributed by atoms with van der Waals surface area (Å²) >= 11 is 2.16. The van der Waals surface area contributed by atoms with Gasteiger partial charge in [0, 0.05) is 10.0 Å². The summed E-state index contributed by atoms with van der Waals surface area (Å²) in [6.45, 7) is 6.08. The molecule has 0 aromatic rings. The number of hydrogen-bond donors (Lipinski definition) is 1.